The number of hydrogen-bond donors (Lipinski definition) is 1. The molecule has 0 aliphatic heterocycles. The van der Waals surface area contributed by atoms with Gasteiger partial charge in [-0.25, -0.2) is 8.42 Å². The number of rotatable bonds is 2. The minimum absolute atomic E-state index is 1.10. The van der Waals surface area contributed by atoms with E-state index < -0.39 is 10.0 Å². The van der Waals surface area contributed by atoms with Crippen molar-refractivity contribution in [1.82, 2.24) is 4.72 Å². The van der Waals surface area contributed by atoms with E-state index in [9.17, 15) is 8.42 Å². The lowest BCUT2D eigenvalue weighted by atomic mass is 11.1. The molecule has 3 nitrogen and oxygen atoms in total. The summed E-state index contributed by atoms with van der Waals surface area (Å²) in [6.07, 6.45) is 2.46. The molecule has 0 atom stereocenters. The first-order chi connectivity index (χ1) is 3.56. The largest absolute Gasteiger partial charge is 0.290 e. The van der Waals surface area contributed by atoms with Gasteiger partial charge in [-0.3, -0.25) is 4.72 Å². The fraction of sp³-hybridized carbons (Fsp3) is 0.333. The molecule has 0 spiro atoms. The van der Waals surface area contributed by atoms with Gasteiger partial charge in [0.05, 0.1) is 6.26 Å². The molecule has 0 rings (SSSR count). The third-order valence-corrected chi connectivity index (χ3v) is 1.27. The van der Waals surface area contributed by atoms with Crippen LogP contribution in [-0.2, 0) is 10.0 Å². The van der Waals surface area contributed by atoms with E-state index in [1.54, 1.807) is 4.08 Å². The SMILES string of the molecule is CS(=O)(=O)NC=CI. The summed E-state index contributed by atoms with van der Waals surface area (Å²) in [4.78, 5) is 0. The van der Waals surface area contributed by atoms with Gasteiger partial charge in [-0.2, -0.15) is 0 Å². The van der Waals surface area contributed by atoms with Gasteiger partial charge in [0.2, 0.25) is 10.0 Å². The van der Waals surface area contributed by atoms with Crippen LogP contribution >= 0.6 is 22.6 Å². The van der Waals surface area contributed by atoms with Gasteiger partial charge in [-0.15, -0.1) is 0 Å². The lowest BCUT2D eigenvalue weighted by molar-refractivity contribution is 0.596. The molecule has 1 N–H and O–H groups in total. The molecule has 0 aromatic rings. The van der Waals surface area contributed by atoms with Crippen LogP contribution in [0, 0.1) is 0 Å². The molecule has 0 saturated heterocycles. The van der Waals surface area contributed by atoms with Gasteiger partial charge in [0.25, 0.3) is 0 Å². The van der Waals surface area contributed by atoms with E-state index in [0.717, 1.165) is 6.26 Å². The molecule has 5 heteroatoms. The first kappa shape index (κ1) is 8.22. The van der Waals surface area contributed by atoms with Crippen molar-refractivity contribution in [3.05, 3.63) is 10.3 Å². The highest BCUT2D eigenvalue weighted by Crippen LogP contribution is 1.81. The first-order valence-electron chi connectivity index (χ1n) is 1.79. The van der Waals surface area contributed by atoms with Crippen molar-refractivity contribution in [3.8, 4) is 0 Å². The second kappa shape index (κ2) is 3.29. The average Bonchev–Trinajstić information content (AvgIpc) is 1.59. The molecule has 0 heterocycles. The molecule has 0 saturated carbocycles. The quantitative estimate of drug-likeness (QED) is 0.720. The van der Waals surface area contributed by atoms with Gasteiger partial charge in [0.15, 0.2) is 0 Å². The molecule has 0 aromatic heterocycles. The number of hydrogen-bond acceptors (Lipinski definition) is 2. The predicted octanol–water partition coefficient (Wildman–Crippen LogP) is 0.442. The molecule has 0 unspecified atom stereocenters. The fourth-order valence-electron chi connectivity index (χ4n) is 0.149. The zero-order valence-electron chi connectivity index (χ0n) is 4.26. The summed E-state index contributed by atoms with van der Waals surface area (Å²) in [5.74, 6) is 0. The first-order valence-corrected chi connectivity index (χ1v) is 4.92. The number of nitrogens with one attached hydrogen (secondary N) is 1. The van der Waals surface area contributed by atoms with Crippen LogP contribution < -0.4 is 4.72 Å². The Balaban J connectivity index is 3.76. The van der Waals surface area contributed by atoms with Crippen LogP contribution in [-0.4, -0.2) is 14.7 Å². The standard InChI is InChI=1S/C3H6INO2S/c1-8(6,7)5-3-2-4/h2-3,5H,1H3. The lowest BCUT2D eigenvalue weighted by Gasteiger charge is -1.90. The summed E-state index contributed by atoms with van der Waals surface area (Å²) in [5, 5.41) is 0. The predicted molar refractivity (Wildman–Crippen MR) is 41.1 cm³/mol. The van der Waals surface area contributed by atoms with E-state index in [1.807, 2.05) is 22.6 Å². The van der Waals surface area contributed by atoms with E-state index >= 15 is 0 Å². The summed E-state index contributed by atoms with van der Waals surface area (Å²) in [5.41, 5.74) is 0. The third kappa shape index (κ3) is 6.22. The van der Waals surface area contributed by atoms with Crippen molar-refractivity contribution in [3.63, 3.8) is 0 Å². The normalized spacial score (nSPS) is 12.2. The molecule has 0 aliphatic rings. The molecule has 0 amide bonds. The van der Waals surface area contributed by atoms with Gasteiger partial charge < -0.3 is 0 Å². The Morgan fingerprint density at radius 3 is 2.25 bits per heavy atom. The van der Waals surface area contributed by atoms with E-state index in [4.69, 9.17) is 0 Å². The highest BCUT2D eigenvalue weighted by molar-refractivity contribution is 14.1. The maximum Gasteiger partial charge on any atom is 0.229 e. The van der Waals surface area contributed by atoms with Gasteiger partial charge in [0, 0.05) is 6.20 Å². The van der Waals surface area contributed by atoms with Crippen LogP contribution in [0.25, 0.3) is 0 Å². The molecule has 0 fully saturated rings. The van der Waals surface area contributed by atoms with Crippen LogP contribution in [0.2, 0.25) is 0 Å². The van der Waals surface area contributed by atoms with Gasteiger partial charge in [-0.05, 0) is 4.08 Å². The van der Waals surface area contributed by atoms with Gasteiger partial charge >= 0.3 is 0 Å². The van der Waals surface area contributed by atoms with E-state index in [1.165, 1.54) is 6.20 Å². The molecule has 48 valence electrons. The van der Waals surface area contributed by atoms with Crippen LogP contribution in [0.3, 0.4) is 0 Å². The van der Waals surface area contributed by atoms with E-state index in [2.05, 4.69) is 4.72 Å². The highest BCUT2D eigenvalue weighted by Gasteiger charge is 1.90. The third-order valence-electron chi connectivity index (χ3n) is 0.345. The average molecular weight is 247 g/mol. The fourth-order valence-corrected chi connectivity index (χ4v) is 0.888. The van der Waals surface area contributed by atoms with Crippen molar-refractivity contribution in [1.29, 1.82) is 0 Å². The highest BCUT2D eigenvalue weighted by atomic mass is 127. The summed E-state index contributed by atoms with van der Waals surface area (Å²) in [6, 6.07) is 0. The minimum Gasteiger partial charge on any atom is -0.290 e. The lowest BCUT2D eigenvalue weighted by Crippen LogP contribution is -2.14. The monoisotopic (exact) mass is 247 g/mol. The number of halogens is 1. The maximum absolute atomic E-state index is 10.2. The minimum atomic E-state index is -3.03. The van der Waals surface area contributed by atoms with E-state index in [-0.39, 0.29) is 0 Å². The smallest absolute Gasteiger partial charge is 0.229 e. The molecule has 0 radical (unpaired) electrons. The zero-order chi connectivity index (χ0) is 6.62. The summed E-state index contributed by atoms with van der Waals surface area (Å²) in [7, 11) is -3.03. The Kier molecular flexibility index (Phi) is 3.38. The Morgan fingerprint density at radius 2 is 2.12 bits per heavy atom. The second-order valence-electron chi connectivity index (χ2n) is 1.18. The summed E-state index contributed by atoms with van der Waals surface area (Å²) in [6.45, 7) is 0. The topological polar surface area (TPSA) is 46.2 Å². The van der Waals surface area contributed by atoms with Crippen LogP contribution in [0.15, 0.2) is 10.3 Å². The van der Waals surface area contributed by atoms with Crippen LogP contribution in [0.5, 0.6) is 0 Å². The molecular weight excluding hydrogens is 241 g/mol. The van der Waals surface area contributed by atoms with Crippen molar-refractivity contribution in [2.45, 2.75) is 0 Å². The van der Waals surface area contributed by atoms with Gasteiger partial charge in [-0.1, -0.05) is 22.6 Å². The maximum atomic E-state index is 10.2. The van der Waals surface area contributed by atoms with Crippen molar-refractivity contribution >= 4 is 32.6 Å². The van der Waals surface area contributed by atoms with Gasteiger partial charge in [0.1, 0.15) is 0 Å². The molecule has 8 heavy (non-hydrogen) atoms. The Morgan fingerprint density at radius 1 is 1.62 bits per heavy atom. The summed E-state index contributed by atoms with van der Waals surface area (Å²) < 4.78 is 24.2. The number of sulfonamides is 1. The Labute approximate surface area is 62.4 Å². The molecule has 0 aromatic carbocycles. The molecule has 0 bridgehead atoms. The van der Waals surface area contributed by atoms with Crippen LogP contribution in [0.1, 0.15) is 0 Å². The Hall–Kier alpha value is 0.220. The zero-order valence-corrected chi connectivity index (χ0v) is 7.23. The van der Waals surface area contributed by atoms with Crippen molar-refractivity contribution in [2.75, 3.05) is 6.26 Å². The van der Waals surface area contributed by atoms with Crippen molar-refractivity contribution in [2.24, 2.45) is 0 Å². The molecule has 0 aliphatic carbocycles. The Bertz CT molecular complexity index is 172. The van der Waals surface area contributed by atoms with E-state index in [0.29, 0.717) is 0 Å². The summed E-state index contributed by atoms with van der Waals surface area (Å²) >= 11 is 1.92. The molecular formula is C3H6INO2S. The van der Waals surface area contributed by atoms with Crippen LogP contribution in [0.4, 0.5) is 0 Å². The van der Waals surface area contributed by atoms with Crippen molar-refractivity contribution < 1.29 is 8.42 Å². The second-order valence-corrected chi connectivity index (χ2v) is 3.68.